The summed E-state index contributed by atoms with van der Waals surface area (Å²) >= 11 is 0. The SMILES string of the molecule is C[Si]1(C)c2ccccc2N(c2ccccc2)c2cc3c(=O)c4ccccc4n4c5ccccc5c(=O)c(c21)c34. The lowest BCUT2D eigenvalue weighted by atomic mass is 10.0. The summed E-state index contributed by atoms with van der Waals surface area (Å²) in [6, 6.07) is 36.4. The maximum Gasteiger partial charge on any atom is 0.197 e. The standard InChI is InChI=1S/C34H24N2O2Si/c1-39(2)29-19-11-10-18-27(29)35(21-12-4-3-5-13-21)28-20-24-31-30(34(28)39)33(38)23-15-7-9-17-26(23)36(31)25-16-8-6-14-22(25)32(24)37/h3-20H,1-2H3. The van der Waals surface area contributed by atoms with E-state index in [4.69, 9.17) is 0 Å². The number of anilines is 3. The summed E-state index contributed by atoms with van der Waals surface area (Å²) in [6.07, 6.45) is 0. The summed E-state index contributed by atoms with van der Waals surface area (Å²) in [7, 11) is -2.40. The smallest absolute Gasteiger partial charge is 0.197 e. The van der Waals surface area contributed by atoms with Gasteiger partial charge >= 0.3 is 0 Å². The molecule has 0 saturated heterocycles. The number of hydrogen-bond donors (Lipinski definition) is 0. The van der Waals surface area contributed by atoms with Gasteiger partial charge in [0.25, 0.3) is 0 Å². The first-order chi connectivity index (χ1) is 19.0. The molecule has 0 radical (unpaired) electrons. The second-order valence-corrected chi connectivity index (χ2v) is 15.2. The minimum atomic E-state index is -2.40. The van der Waals surface area contributed by atoms with E-state index in [1.807, 2.05) is 66.7 Å². The molecule has 0 amide bonds. The fourth-order valence-electron chi connectivity index (χ4n) is 6.78. The van der Waals surface area contributed by atoms with Crippen LogP contribution >= 0.6 is 0 Å². The Morgan fingerprint density at radius 3 is 1.90 bits per heavy atom. The minimum absolute atomic E-state index is 0.00454. The number of aromatic nitrogens is 1. The number of nitrogens with zero attached hydrogens (tertiary/aromatic N) is 2. The van der Waals surface area contributed by atoms with Gasteiger partial charge in [0.1, 0.15) is 8.07 Å². The van der Waals surface area contributed by atoms with E-state index < -0.39 is 8.07 Å². The van der Waals surface area contributed by atoms with Crippen molar-refractivity contribution in [3.8, 4) is 0 Å². The molecule has 1 aliphatic heterocycles. The Hall–Kier alpha value is -4.74. The Morgan fingerprint density at radius 1 is 0.590 bits per heavy atom. The third-order valence-electron chi connectivity index (χ3n) is 8.45. The maximum absolute atomic E-state index is 14.5. The number of pyridine rings is 2. The second-order valence-electron chi connectivity index (χ2n) is 10.9. The van der Waals surface area contributed by atoms with Gasteiger partial charge in [0.2, 0.25) is 0 Å². The largest absolute Gasteiger partial charge is 0.311 e. The van der Waals surface area contributed by atoms with Crippen LogP contribution in [-0.4, -0.2) is 12.5 Å². The van der Waals surface area contributed by atoms with E-state index >= 15 is 0 Å². The van der Waals surface area contributed by atoms with Crippen molar-refractivity contribution >= 4 is 73.6 Å². The lowest BCUT2D eigenvalue weighted by Gasteiger charge is -2.41. The highest BCUT2D eigenvalue weighted by atomic mass is 28.3. The molecule has 186 valence electrons. The molecule has 8 rings (SSSR count). The van der Waals surface area contributed by atoms with Crippen LogP contribution in [0.2, 0.25) is 13.1 Å². The van der Waals surface area contributed by atoms with E-state index in [0.29, 0.717) is 21.5 Å². The van der Waals surface area contributed by atoms with Crippen LogP contribution in [0.25, 0.3) is 38.1 Å². The van der Waals surface area contributed by atoms with Gasteiger partial charge in [-0.2, -0.15) is 0 Å². The van der Waals surface area contributed by atoms with Crippen LogP contribution in [0.3, 0.4) is 0 Å². The average Bonchev–Trinajstić information content (AvgIpc) is 2.97. The molecule has 39 heavy (non-hydrogen) atoms. The zero-order valence-electron chi connectivity index (χ0n) is 21.6. The van der Waals surface area contributed by atoms with Gasteiger partial charge in [0.15, 0.2) is 10.9 Å². The van der Waals surface area contributed by atoms with E-state index in [2.05, 4.69) is 64.9 Å². The van der Waals surface area contributed by atoms with Gasteiger partial charge in [-0.1, -0.05) is 73.8 Å². The van der Waals surface area contributed by atoms with Crippen molar-refractivity contribution in [1.29, 1.82) is 0 Å². The highest BCUT2D eigenvalue weighted by Crippen LogP contribution is 2.41. The average molecular weight is 521 g/mol. The van der Waals surface area contributed by atoms with E-state index in [0.717, 1.165) is 38.8 Å². The van der Waals surface area contributed by atoms with Crippen molar-refractivity contribution < 1.29 is 0 Å². The predicted molar refractivity (Wildman–Crippen MR) is 165 cm³/mol. The first-order valence-electron chi connectivity index (χ1n) is 13.2. The summed E-state index contributed by atoms with van der Waals surface area (Å²) in [5.74, 6) is 0. The molecule has 5 heteroatoms. The van der Waals surface area contributed by atoms with Crippen LogP contribution in [-0.2, 0) is 0 Å². The molecular weight excluding hydrogens is 496 g/mol. The molecule has 4 nitrogen and oxygen atoms in total. The fourth-order valence-corrected chi connectivity index (χ4v) is 10.1. The molecule has 3 heterocycles. The van der Waals surface area contributed by atoms with Crippen molar-refractivity contribution in [3.05, 3.63) is 130 Å². The molecule has 7 aromatic rings. The Labute approximate surface area is 225 Å². The first kappa shape index (κ1) is 22.3. The fraction of sp³-hybridized carbons (Fsp3) is 0.0588. The lowest BCUT2D eigenvalue weighted by molar-refractivity contribution is 1.28. The molecule has 0 bridgehead atoms. The zero-order chi connectivity index (χ0) is 26.5. The summed E-state index contributed by atoms with van der Waals surface area (Å²) in [4.78, 5) is 30.9. The normalized spacial score (nSPS) is 14.3. The summed E-state index contributed by atoms with van der Waals surface area (Å²) in [5, 5.41) is 4.94. The van der Waals surface area contributed by atoms with Gasteiger partial charge in [-0.25, -0.2) is 0 Å². The van der Waals surface area contributed by atoms with Gasteiger partial charge in [-0.05, 0) is 58.9 Å². The molecule has 0 saturated carbocycles. The van der Waals surface area contributed by atoms with Crippen LogP contribution in [0.4, 0.5) is 17.1 Å². The molecular formula is C34H24N2O2Si. The van der Waals surface area contributed by atoms with Crippen molar-refractivity contribution in [2.75, 3.05) is 4.90 Å². The number of fused-ring (bicyclic) bond motifs is 7. The minimum Gasteiger partial charge on any atom is -0.311 e. The van der Waals surface area contributed by atoms with Crippen molar-refractivity contribution in [1.82, 2.24) is 4.40 Å². The maximum atomic E-state index is 14.5. The van der Waals surface area contributed by atoms with Crippen molar-refractivity contribution in [2.45, 2.75) is 13.1 Å². The Kier molecular flexibility index (Phi) is 4.37. The van der Waals surface area contributed by atoms with Crippen molar-refractivity contribution in [3.63, 3.8) is 0 Å². The highest BCUT2D eigenvalue weighted by molar-refractivity contribution is 7.04. The Bertz CT molecular complexity index is 2240. The summed E-state index contributed by atoms with van der Waals surface area (Å²) in [5.41, 5.74) is 5.39. The van der Waals surface area contributed by atoms with Gasteiger partial charge < -0.3 is 9.30 Å². The molecule has 0 N–H and O–H groups in total. The van der Waals surface area contributed by atoms with Crippen LogP contribution < -0.4 is 26.1 Å². The van der Waals surface area contributed by atoms with Crippen LogP contribution in [0.15, 0.2) is 119 Å². The van der Waals surface area contributed by atoms with Crippen LogP contribution in [0.1, 0.15) is 0 Å². The number of para-hydroxylation sites is 4. The predicted octanol–water partition coefficient (Wildman–Crippen LogP) is 6.16. The zero-order valence-corrected chi connectivity index (χ0v) is 22.6. The lowest BCUT2D eigenvalue weighted by Crippen LogP contribution is -2.59. The van der Waals surface area contributed by atoms with Gasteiger partial charge in [-0.3, -0.25) is 9.59 Å². The number of rotatable bonds is 1. The molecule has 0 aliphatic carbocycles. The quantitative estimate of drug-likeness (QED) is 0.148. The van der Waals surface area contributed by atoms with Gasteiger partial charge in [0, 0.05) is 38.6 Å². The van der Waals surface area contributed by atoms with Crippen LogP contribution in [0, 0.1) is 0 Å². The summed E-state index contributed by atoms with van der Waals surface area (Å²) < 4.78 is 2.15. The van der Waals surface area contributed by atoms with E-state index in [-0.39, 0.29) is 10.9 Å². The first-order valence-corrected chi connectivity index (χ1v) is 16.2. The molecule has 0 fully saturated rings. The Morgan fingerprint density at radius 2 is 1.18 bits per heavy atom. The Balaban J connectivity index is 1.71. The molecule has 2 aromatic heterocycles. The number of benzene rings is 5. The van der Waals surface area contributed by atoms with Crippen molar-refractivity contribution in [2.24, 2.45) is 0 Å². The number of hydrogen-bond acceptors (Lipinski definition) is 3. The van der Waals surface area contributed by atoms with E-state index in [9.17, 15) is 9.59 Å². The highest BCUT2D eigenvalue weighted by Gasteiger charge is 2.41. The van der Waals surface area contributed by atoms with Gasteiger partial charge in [-0.15, -0.1) is 0 Å². The molecule has 0 unspecified atom stereocenters. The monoisotopic (exact) mass is 520 g/mol. The third-order valence-corrected chi connectivity index (χ3v) is 12.0. The molecule has 5 aromatic carbocycles. The van der Waals surface area contributed by atoms with Crippen LogP contribution in [0.5, 0.6) is 0 Å². The molecule has 1 aliphatic rings. The third kappa shape index (κ3) is 2.77. The molecule has 0 spiro atoms. The molecule has 0 atom stereocenters. The van der Waals surface area contributed by atoms with E-state index in [1.165, 1.54) is 5.19 Å². The second kappa shape index (κ2) is 7.65. The summed E-state index contributed by atoms with van der Waals surface area (Å²) in [6.45, 7) is 4.65. The van der Waals surface area contributed by atoms with E-state index in [1.54, 1.807) is 0 Å². The van der Waals surface area contributed by atoms with Gasteiger partial charge in [0.05, 0.1) is 16.6 Å². The topological polar surface area (TPSA) is 41.8 Å².